The molecule has 0 saturated heterocycles. The fourth-order valence-corrected chi connectivity index (χ4v) is 3.87. The molecule has 4 nitrogen and oxygen atoms in total. The summed E-state index contributed by atoms with van der Waals surface area (Å²) < 4.78 is 2.41. The molecule has 1 heterocycles. The van der Waals surface area contributed by atoms with Crippen LogP contribution in [0, 0.1) is 0 Å². The molecule has 0 bridgehead atoms. The Morgan fingerprint density at radius 2 is 1.86 bits per heavy atom. The largest absolute Gasteiger partial charge is 0.411 e. The van der Waals surface area contributed by atoms with E-state index in [-0.39, 0.29) is 11.5 Å². The van der Waals surface area contributed by atoms with Crippen molar-refractivity contribution in [1.82, 2.24) is 4.57 Å². The second kappa shape index (κ2) is 8.95. The highest BCUT2D eigenvalue weighted by Gasteiger charge is 2.21. The van der Waals surface area contributed by atoms with Crippen LogP contribution in [0.3, 0.4) is 0 Å². The van der Waals surface area contributed by atoms with Gasteiger partial charge in [-0.25, -0.2) is 0 Å². The molecular formula is C21H17BrCl2N2O2. The Morgan fingerprint density at radius 1 is 1.14 bits per heavy atom. The van der Waals surface area contributed by atoms with Crippen LogP contribution in [0.4, 0.5) is 0 Å². The highest BCUT2D eigenvalue weighted by molar-refractivity contribution is 9.10. The van der Waals surface area contributed by atoms with Crippen LogP contribution in [0.25, 0.3) is 0 Å². The van der Waals surface area contributed by atoms with E-state index in [4.69, 9.17) is 23.2 Å². The molecular weight excluding hydrogens is 463 g/mol. The topological polar surface area (TPSA) is 54.6 Å². The molecule has 0 radical (unpaired) electrons. The number of aromatic nitrogens is 1. The van der Waals surface area contributed by atoms with Gasteiger partial charge in [-0.05, 0) is 41.5 Å². The number of halogens is 3. The molecule has 28 heavy (non-hydrogen) atoms. The number of benzene rings is 2. The van der Waals surface area contributed by atoms with Crippen molar-refractivity contribution in [2.24, 2.45) is 12.2 Å². The first-order valence-corrected chi connectivity index (χ1v) is 10.0. The second-order valence-electron chi connectivity index (χ2n) is 6.39. The van der Waals surface area contributed by atoms with Crippen LogP contribution in [-0.2, 0) is 7.05 Å². The lowest BCUT2D eigenvalue weighted by Gasteiger charge is -2.20. The standard InChI is InChI=1S/C21H17BrCl2N2O2/c1-26-12-14(4-9-21(26)27)20(25-28)11-18(13-2-5-15(22)6-3-13)17-8-7-16(23)10-19(17)24/h2-10,12,18,28H,11H2,1H3/b25-20-. The number of pyridine rings is 1. The van der Waals surface area contributed by atoms with Gasteiger partial charge in [0.15, 0.2) is 0 Å². The van der Waals surface area contributed by atoms with Crippen molar-refractivity contribution in [3.63, 3.8) is 0 Å². The van der Waals surface area contributed by atoms with E-state index in [9.17, 15) is 10.0 Å². The fourth-order valence-electron chi connectivity index (χ4n) is 3.06. The van der Waals surface area contributed by atoms with Gasteiger partial charge in [0.25, 0.3) is 0 Å². The third kappa shape index (κ3) is 4.66. The average Bonchev–Trinajstić information content (AvgIpc) is 2.67. The first kappa shape index (κ1) is 20.6. The minimum Gasteiger partial charge on any atom is -0.411 e. The zero-order chi connectivity index (χ0) is 20.3. The molecule has 0 fully saturated rings. The molecule has 0 aliphatic heterocycles. The van der Waals surface area contributed by atoms with Gasteiger partial charge >= 0.3 is 0 Å². The molecule has 7 heteroatoms. The van der Waals surface area contributed by atoms with Crippen molar-refractivity contribution in [3.05, 3.63) is 102 Å². The smallest absolute Gasteiger partial charge is 0.250 e. The predicted octanol–water partition coefficient (Wildman–Crippen LogP) is 5.86. The number of aryl methyl sites for hydroxylation is 1. The summed E-state index contributed by atoms with van der Waals surface area (Å²) >= 11 is 16.0. The van der Waals surface area contributed by atoms with Crippen molar-refractivity contribution < 1.29 is 5.21 Å². The number of hydrogen-bond donors (Lipinski definition) is 1. The van der Waals surface area contributed by atoms with Crippen molar-refractivity contribution in [3.8, 4) is 0 Å². The first-order chi connectivity index (χ1) is 13.4. The molecule has 1 aromatic heterocycles. The van der Waals surface area contributed by atoms with Crippen molar-refractivity contribution >= 4 is 44.8 Å². The molecule has 2 aromatic carbocycles. The van der Waals surface area contributed by atoms with E-state index in [0.29, 0.717) is 27.7 Å². The summed E-state index contributed by atoms with van der Waals surface area (Å²) in [5.41, 5.74) is 2.87. The van der Waals surface area contributed by atoms with Gasteiger partial charge in [-0.15, -0.1) is 0 Å². The third-order valence-corrected chi connectivity index (χ3v) is 5.64. The molecule has 144 valence electrons. The fraction of sp³-hybridized carbons (Fsp3) is 0.143. The molecule has 1 unspecified atom stereocenters. The van der Waals surface area contributed by atoms with Gasteiger partial charge in [-0.2, -0.15) is 0 Å². The molecule has 1 atom stereocenters. The summed E-state index contributed by atoms with van der Waals surface area (Å²) in [5, 5.41) is 14.3. The maximum atomic E-state index is 11.7. The quantitative estimate of drug-likeness (QED) is 0.283. The Kier molecular flexibility index (Phi) is 6.60. The Balaban J connectivity index is 2.06. The van der Waals surface area contributed by atoms with Gasteiger partial charge in [0, 0.05) is 51.7 Å². The summed E-state index contributed by atoms with van der Waals surface area (Å²) in [7, 11) is 1.66. The van der Waals surface area contributed by atoms with Crippen LogP contribution in [0.2, 0.25) is 10.0 Å². The third-order valence-electron chi connectivity index (χ3n) is 4.55. The van der Waals surface area contributed by atoms with Gasteiger partial charge < -0.3 is 9.77 Å². The van der Waals surface area contributed by atoms with Crippen LogP contribution in [0.15, 0.2) is 75.2 Å². The Morgan fingerprint density at radius 3 is 2.46 bits per heavy atom. The predicted molar refractivity (Wildman–Crippen MR) is 117 cm³/mol. The maximum Gasteiger partial charge on any atom is 0.250 e. The lowest BCUT2D eigenvalue weighted by Crippen LogP contribution is -2.18. The van der Waals surface area contributed by atoms with Crippen molar-refractivity contribution in [2.75, 3.05) is 0 Å². The second-order valence-corrected chi connectivity index (χ2v) is 8.15. The molecule has 1 N–H and O–H groups in total. The Hall–Kier alpha value is -2.08. The number of oxime groups is 1. The van der Waals surface area contributed by atoms with Gasteiger partial charge in [-0.3, -0.25) is 4.79 Å². The van der Waals surface area contributed by atoms with Gasteiger partial charge in [0.2, 0.25) is 5.56 Å². The zero-order valence-corrected chi connectivity index (χ0v) is 18.0. The molecule has 0 aliphatic carbocycles. The minimum absolute atomic E-state index is 0.133. The highest BCUT2D eigenvalue weighted by atomic mass is 79.9. The monoisotopic (exact) mass is 478 g/mol. The van der Waals surface area contributed by atoms with E-state index < -0.39 is 0 Å². The lowest BCUT2D eigenvalue weighted by atomic mass is 9.85. The average molecular weight is 480 g/mol. The molecule has 3 rings (SSSR count). The number of rotatable bonds is 5. The van der Waals surface area contributed by atoms with Crippen LogP contribution in [0.5, 0.6) is 0 Å². The van der Waals surface area contributed by atoms with Crippen molar-refractivity contribution in [1.29, 1.82) is 0 Å². The van der Waals surface area contributed by atoms with Crippen LogP contribution >= 0.6 is 39.1 Å². The summed E-state index contributed by atoms with van der Waals surface area (Å²) in [6, 6.07) is 16.4. The SMILES string of the molecule is Cn1cc(/C(CC(c2ccc(Br)cc2)c2ccc(Cl)cc2Cl)=N\O)ccc1=O. The van der Waals surface area contributed by atoms with Crippen molar-refractivity contribution in [2.45, 2.75) is 12.3 Å². The van der Waals surface area contributed by atoms with Gasteiger partial charge in [-0.1, -0.05) is 62.5 Å². The van der Waals surface area contributed by atoms with Crippen LogP contribution in [0.1, 0.15) is 29.0 Å². The Labute approximate surface area is 181 Å². The van der Waals surface area contributed by atoms with Gasteiger partial charge in [0.1, 0.15) is 0 Å². The number of hydrogen-bond acceptors (Lipinski definition) is 3. The highest BCUT2D eigenvalue weighted by Crippen LogP contribution is 2.36. The van der Waals surface area contributed by atoms with E-state index in [0.717, 1.165) is 15.6 Å². The molecule has 0 saturated carbocycles. The summed E-state index contributed by atoms with van der Waals surface area (Å²) in [5.74, 6) is -0.166. The zero-order valence-electron chi connectivity index (χ0n) is 14.9. The normalized spacial score (nSPS) is 12.8. The Bertz CT molecular complexity index is 1080. The van der Waals surface area contributed by atoms with E-state index in [1.54, 1.807) is 31.4 Å². The molecule has 0 spiro atoms. The molecule has 0 amide bonds. The van der Waals surface area contributed by atoms with Gasteiger partial charge in [0.05, 0.1) is 5.71 Å². The summed E-state index contributed by atoms with van der Waals surface area (Å²) in [4.78, 5) is 11.7. The molecule has 3 aromatic rings. The van der Waals surface area contributed by atoms with E-state index in [2.05, 4.69) is 21.1 Å². The van der Waals surface area contributed by atoms with Crippen LogP contribution < -0.4 is 5.56 Å². The summed E-state index contributed by atoms with van der Waals surface area (Å²) in [6.45, 7) is 0. The maximum absolute atomic E-state index is 11.7. The summed E-state index contributed by atoms with van der Waals surface area (Å²) in [6.07, 6.45) is 2.04. The van der Waals surface area contributed by atoms with E-state index in [1.807, 2.05) is 30.3 Å². The number of nitrogens with zero attached hydrogens (tertiary/aromatic N) is 2. The van der Waals surface area contributed by atoms with E-state index in [1.165, 1.54) is 10.6 Å². The lowest BCUT2D eigenvalue weighted by molar-refractivity contribution is 0.317. The molecule has 0 aliphatic rings. The minimum atomic E-state index is -0.166. The van der Waals surface area contributed by atoms with Crippen LogP contribution in [-0.4, -0.2) is 15.5 Å². The van der Waals surface area contributed by atoms with E-state index >= 15 is 0 Å². The first-order valence-electron chi connectivity index (χ1n) is 8.47.